The minimum Gasteiger partial charge on any atom is -0.449 e. The molecule has 0 radical (unpaired) electrons. The smallest absolute Gasteiger partial charge is 0.338 e. The minimum absolute atomic E-state index is 0.112. The standard InChI is InChI=1S/C19H19Cl2NO4/c1-11(16-8-7-15(20)9-17(16)21)22-18(24)12(2)26-19(25)14-5-3-13(10-23)4-6-14/h3-9,11-12,23H,10H2,1-2H3,(H,22,24)/t11-,12+/m0/s1. The van der Waals surface area contributed by atoms with Crippen LogP contribution in [-0.4, -0.2) is 23.1 Å². The highest BCUT2D eigenvalue weighted by atomic mass is 35.5. The van der Waals surface area contributed by atoms with Crippen molar-refractivity contribution in [2.45, 2.75) is 32.6 Å². The number of aliphatic hydroxyl groups is 1. The molecule has 0 aromatic heterocycles. The van der Waals surface area contributed by atoms with Gasteiger partial charge in [-0.2, -0.15) is 0 Å². The monoisotopic (exact) mass is 395 g/mol. The van der Waals surface area contributed by atoms with Gasteiger partial charge in [-0.25, -0.2) is 4.79 Å². The molecule has 0 spiro atoms. The lowest BCUT2D eigenvalue weighted by atomic mass is 10.1. The summed E-state index contributed by atoms with van der Waals surface area (Å²) in [5.41, 5.74) is 1.69. The van der Waals surface area contributed by atoms with E-state index in [9.17, 15) is 9.59 Å². The molecule has 0 bridgehead atoms. The quantitative estimate of drug-likeness (QED) is 0.726. The molecule has 0 saturated heterocycles. The van der Waals surface area contributed by atoms with Crippen LogP contribution in [0, 0.1) is 0 Å². The van der Waals surface area contributed by atoms with Crippen molar-refractivity contribution in [2.24, 2.45) is 0 Å². The maximum Gasteiger partial charge on any atom is 0.338 e. The zero-order chi connectivity index (χ0) is 19.3. The molecule has 2 atom stereocenters. The van der Waals surface area contributed by atoms with E-state index >= 15 is 0 Å². The first-order valence-corrected chi connectivity index (χ1v) is 8.73. The van der Waals surface area contributed by atoms with Crippen LogP contribution in [0.2, 0.25) is 10.0 Å². The second kappa shape index (κ2) is 9.03. The fraction of sp³-hybridized carbons (Fsp3) is 0.263. The topological polar surface area (TPSA) is 75.6 Å². The van der Waals surface area contributed by atoms with E-state index in [2.05, 4.69) is 5.32 Å². The average molecular weight is 396 g/mol. The van der Waals surface area contributed by atoms with Crippen LogP contribution in [0.25, 0.3) is 0 Å². The van der Waals surface area contributed by atoms with Gasteiger partial charge in [-0.05, 0) is 49.2 Å². The number of benzene rings is 2. The van der Waals surface area contributed by atoms with Crippen molar-refractivity contribution in [2.75, 3.05) is 0 Å². The molecule has 0 aliphatic carbocycles. The van der Waals surface area contributed by atoms with Crippen molar-refractivity contribution in [3.63, 3.8) is 0 Å². The Morgan fingerprint density at radius 3 is 2.35 bits per heavy atom. The Labute approximate surface area is 161 Å². The lowest BCUT2D eigenvalue weighted by molar-refractivity contribution is -0.129. The van der Waals surface area contributed by atoms with Gasteiger partial charge in [-0.3, -0.25) is 4.79 Å². The molecular formula is C19H19Cl2NO4. The first-order valence-electron chi connectivity index (χ1n) is 7.98. The number of ether oxygens (including phenoxy) is 1. The largest absolute Gasteiger partial charge is 0.449 e. The zero-order valence-corrected chi connectivity index (χ0v) is 15.8. The van der Waals surface area contributed by atoms with E-state index in [1.54, 1.807) is 37.3 Å². The van der Waals surface area contributed by atoms with Gasteiger partial charge in [0.15, 0.2) is 6.10 Å². The summed E-state index contributed by atoms with van der Waals surface area (Å²) in [6.07, 6.45) is -0.978. The first kappa shape index (κ1) is 20.2. The van der Waals surface area contributed by atoms with E-state index in [1.807, 2.05) is 0 Å². The van der Waals surface area contributed by atoms with Gasteiger partial charge in [0.1, 0.15) is 0 Å². The molecule has 2 aromatic rings. The highest BCUT2D eigenvalue weighted by molar-refractivity contribution is 6.35. The highest BCUT2D eigenvalue weighted by Crippen LogP contribution is 2.26. The molecule has 5 nitrogen and oxygen atoms in total. The van der Waals surface area contributed by atoms with Crippen molar-refractivity contribution in [3.05, 3.63) is 69.2 Å². The van der Waals surface area contributed by atoms with Crippen LogP contribution in [0.15, 0.2) is 42.5 Å². The number of aliphatic hydroxyl groups excluding tert-OH is 1. The van der Waals surface area contributed by atoms with Gasteiger partial charge in [-0.1, -0.05) is 41.4 Å². The van der Waals surface area contributed by atoms with Gasteiger partial charge >= 0.3 is 5.97 Å². The fourth-order valence-corrected chi connectivity index (χ4v) is 2.86. The second-order valence-corrected chi connectivity index (χ2v) is 6.64. The number of carbonyl (C=O) groups excluding carboxylic acids is 2. The van der Waals surface area contributed by atoms with Gasteiger partial charge in [0.2, 0.25) is 0 Å². The number of rotatable bonds is 6. The third-order valence-corrected chi connectivity index (χ3v) is 4.38. The van der Waals surface area contributed by atoms with Crippen molar-refractivity contribution >= 4 is 35.1 Å². The summed E-state index contributed by atoms with van der Waals surface area (Å²) in [4.78, 5) is 24.4. The van der Waals surface area contributed by atoms with E-state index < -0.39 is 18.0 Å². The Balaban J connectivity index is 1.96. The van der Waals surface area contributed by atoms with Crippen molar-refractivity contribution < 1.29 is 19.4 Å². The SMILES string of the molecule is C[C@H](NC(=O)[C@@H](C)OC(=O)c1ccc(CO)cc1)c1ccc(Cl)cc1Cl. The number of esters is 1. The second-order valence-electron chi connectivity index (χ2n) is 5.80. The first-order chi connectivity index (χ1) is 12.3. The van der Waals surface area contributed by atoms with Crippen LogP contribution in [0.1, 0.15) is 41.4 Å². The zero-order valence-electron chi connectivity index (χ0n) is 14.3. The Morgan fingerprint density at radius 2 is 1.77 bits per heavy atom. The van der Waals surface area contributed by atoms with Crippen molar-refractivity contribution in [1.82, 2.24) is 5.32 Å². The van der Waals surface area contributed by atoms with Crippen LogP contribution < -0.4 is 5.32 Å². The molecule has 26 heavy (non-hydrogen) atoms. The third-order valence-electron chi connectivity index (χ3n) is 3.81. The van der Waals surface area contributed by atoms with Gasteiger partial charge in [-0.15, -0.1) is 0 Å². The van der Waals surface area contributed by atoms with Crippen molar-refractivity contribution in [1.29, 1.82) is 0 Å². The molecule has 0 heterocycles. The molecule has 7 heteroatoms. The number of halogens is 2. The van der Waals surface area contributed by atoms with Gasteiger partial charge in [0.05, 0.1) is 18.2 Å². The van der Waals surface area contributed by atoms with Crippen LogP contribution in [0.3, 0.4) is 0 Å². The van der Waals surface area contributed by atoms with Gasteiger partial charge in [0, 0.05) is 10.0 Å². The molecule has 0 saturated carbocycles. The predicted molar refractivity (Wildman–Crippen MR) is 100 cm³/mol. The summed E-state index contributed by atoms with van der Waals surface area (Å²) in [6, 6.07) is 10.9. The molecule has 138 valence electrons. The molecule has 0 aliphatic heterocycles. The summed E-state index contributed by atoms with van der Waals surface area (Å²) < 4.78 is 5.19. The molecule has 2 N–H and O–H groups in total. The lowest BCUT2D eigenvalue weighted by Crippen LogP contribution is -2.37. The van der Waals surface area contributed by atoms with E-state index in [0.29, 0.717) is 26.7 Å². The Kier molecular flexibility index (Phi) is 7.03. The van der Waals surface area contributed by atoms with Crippen LogP contribution >= 0.6 is 23.2 Å². The molecule has 2 rings (SSSR count). The third kappa shape index (κ3) is 5.21. The normalized spacial score (nSPS) is 13.0. The van der Waals surface area contributed by atoms with E-state index in [4.69, 9.17) is 33.0 Å². The number of hydrogen-bond donors (Lipinski definition) is 2. The van der Waals surface area contributed by atoms with Crippen LogP contribution in [0.5, 0.6) is 0 Å². The van der Waals surface area contributed by atoms with E-state index in [0.717, 1.165) is 0 Å². The molecular weight excluding hydrogens is 377 g/mol. The predicted octanol–water partition coefficient (Wildman–Crippen LogP) is 3.91. The molecule has 2 aromatic carbocycles. The van der Waals surface area contributed by atoms with Gasteiger partial charge in [0.25, 0.3) is 5.91 Å². The van der Waals surface area contributed by atoms with E-state index in [-0.39, 0.29) is 12.6 Å². The average Bonchev–Trinajstić information content (AvgIpc) is 2.61. The maximum absolute atomic E-state index is 12.3. The van der Waals surface area contributed by atoms with E-state index in [1.165, 1.54) is 19.1 Å². The summed E-state index contributed by atoms with van der Waals surface area (Å²) in [7, 11) is 0. The van der Waals surface area contributed by atoms with Gasteiger partial charge < -0.3 is 15.2 Å². The number of hydrogen-bond acceptors (Lipinski definition) is 4. The molecule has 0 unspecified atom stereocenters. The number of carbonyl (C=O) groups is 2. The van der Waals surface area contributed by atoms with Crippen LogP contribution in [-0.2, 0) is 16.1 Å². The molecule has 0 fully saturated rings. The fourth-order valence-electron chi connectivity index (χ4n) is 2.29. The molecule has 0 aliphatic rings. The summed E-state index contributed by atoms with van der Waals surface area (Å²) in [6.45, 7) is 3.15. The Morgan fingerprint density at radius 1 is 1.12 bits per heavy atom. The summed E-state index contributed by atoms with van der Waals surface area (Å²) in [5, 5.41) is 12.7. The minimum atomic E-state index is -0.978. The van der Waals surface area contributed by atoms with Crippen LogP contribution in [0.4, 0.5) is 0 Å². The summed E-state index contributed by atoms with van der Waals surface area (Å²) >= 11 is 12.0. The Hall–Kier alpha value is -2.08. The number of nitrogens with one attached hydrogen (secondary N) is 1. The molecule has 1 amide bonds. The Bertz CT molecular complexity index is 793. The highest BCUT2D eigenvalue weighted by Gasteiger charge is 2.21. The maximum atomic E-state index is 12.3. The number of amides is 1. The van der Waals surface area contributed by atoms with Crippen molar-refractivity contribution in [3.8, 4) is 0 Å². The summed E-state index contributed by atoms with van der Waals surface area (Å²) in [5.74, 6) is -1.06. The lowest BCUT2D eigenvalue weighted by Gasteiger charge is -2.19.